The molecule has 2 saturated carbocycles. The molecule has 1 aliphatic heterocycles. The van der Waals surface area contributed by atoms with Crippen LogP contribution in [-0.2, 0) is 23.9 Å². The standard InChI is InChI=1S/C26H40NO10P.2Ac/c1-10-13(37-22(33)18(31)21(38)27-12(3)28)8-26(35)11(2)19-24(6,14(29)7-15-25(19,34)9-36-15)20(32)17(30)16(10)23(26,4)5;;/h11,13-15,17-19,21,29-31,34-35H,7-9,38H2,1-6H3,(H,27,28);;/t11?,13-,14?,15+,17+,18+,19-,21-,24+,25-,26+;;/m0../s1. The molecule has 1 heterocycles. The van der Waals surface area contributed by atoms with E-state index in [1.165, 1.54) is 13.8 Å². The summed E-state index contributed by atoms with van der Waals surface area (Å²) >= 11 is 0. The van der Waals surface area contributed by atoms with E-state index in [1.54, 1.807) is 27.7 Å². The van der Waals surface area contributed by atoms with Crippen LogP contribution < -0.4 is 5.32 Å². The molecule has 11 nitrogen and oxygen atoms in total. The monoisotopic (exact) mass is 1010 g/mol. The molecule has 0 aromatic carbocycles. The van der Waals surface area contributed by atoms with Crippen molar-refractivity contribution in [3.63, 3.8) is 0 Å². The summed E-state index contributed by atoms with van der Waals surface area (Å²) in [6.07, 6.45) is -6.71. The number of ketones is 1. The fraction of sp³-hybridized carbons (Fsp3) is 0.808. The molecule has 0 aromatic rings. The molecule has 220 valence electrons. The van der Waals surface area contributed by atoms with Gasteiger partial charge in [-0.25, -0.2) is 4.79 Å². The van der Waals surface area contributed by atoms with Crippen LogP contribution in [0.5, 0.6) is 0 Å². The van der Waals surface area contributed by atoms with Crippen LogP contribution in [0.3, 0.4) is 0 Å². The minimum absolute atomic E-state index is 0. The van der Waals surface area contributed by atoms with Crippen molar-refractivity contribution in [2.24, 2.45) is 22.7 Å². The van der Waals surface area contributed by atoms with Crippen LogP contribution in [0, 0.1) is 111 Å². The van der Waals surface area contributed by atoms with Gasteiger partial charge in [-0.15, -0.1) is 9.24 Å². The molecule has 6 N–H and O–H groups in total. The predicted molar refractivity (Wildman–Crippen MR) is 136 cm³/mol. The summed E-state index contributed by atoms with van der Waals surface area (Å²) in [6, 6.07) is 0. The van der Waals surface area contributed by atoms with Gasteiger partial charge in [0, 0.05) is 119 Å². The van der Waals surface area contributed by atoms with Crippen molar-refractivity contribution >= 4 is 26.9 Å². The van der Waals surface area contributed by atoms with Crippen LogP contribution in [0.1, 0.15) is 54.4 Å². The zero-order valence-corrected chi connectivity index (χ0v) is 34.4. The maximum atomic E-state index is 14.0. The first-order valence-corrected chi connectivity index (χ1v) is 13.6. The summed E-state index contributed by atoms with van der Waals surface area (Å²) in [4.78, 5) is 38.2. The van der Waals surface area contributed by atoms with Gasteiger partial charge in [-0.1, -0.05) is 20.8 Å². The average Bonchev–Trinajstić information content (AvgIpc) is 2.81. The van der Waals surface area contributed by atoms with Gasteiger partial charge in [-0.2, -0.15) is 0 Å². The Morgan fingerprint density at radius 3 is 2.25 bits per heavy atom. The third-order valence-electron chi connectivity index (χ3n) is 10.1. The third kappa shape index (κ3) is 5.44. The summed E-state index contributed by atoms with van der Waals surface area (Å²) in [6.45, 7) is 9.36. The molecule has 1 saturated heterocycles. The summed E-state index contributed by atoms with van der Waals surface area (Å²) in [5.74, 6) is -5.04. The van der Waals surface area contributed by atoms with Crippen LogP contribution in [0.25, 0.3) is 0 Å². The molecule has 1 amide bonds. The van der Waals surface area contributed by atoms with Crippen LogP contribution in [0.4, 0.5) is 0 Å². The van der Waals surface area contributed by atoms with Gasteiger partial charge in [0.05, 0.1) is 35.6 Å². The Morgan fingerprint density at radius 2 is 1.75 bits per heavy atom. The molecule has 0 spiro atoms. The Hall–Kier alpha value is 1.42. The van der Waals surface area contributed by atoms with E-state index < -0.39 is 87.8 Å². The minimum Gasteiger partial charge on any atom is -0.456 e. The molecular weight excluding hydrogens is 971 g/mol. The quantitative estimate of drug-likeness (QED) is 0.118. The Kier molecular flexibility index (Phi) is 11.9. The number of aliphatic hydroxyl groups excluding tert-OH is 3. The number of aliphatic hydroxyl groups is 5. The van der Waals surface area contributed by atoms with Gasteiger partial charge in [-0.05, 0) is 30.9 Å². The Bertz CT molecular complexity index is 1090. The van der Waals surface area contributed by atoms with Gasteiger partial charge in [0.1, 0.15) is 17.8 Å². The summed E-state index contributed by atoms with van der Waals surface area (Å²) in [5.41, 5.74) is -5.51. The smallest absolute Gasteiger partial charge is 0.338 e. The second-order valence-electron chi connectivity index (χ2n) is 12.3. The molecule has 3 fully saturated rings. The second kappa shape index (κ2) is 12.7. The molecule has 2 bridgehead atoms. The van der Waals surface area contributed by atoms with Gasteiger partial charge in [0.25, 0.3) is 0 Å². The third-order valence-corrected chi connectivity index (χ3v) is 10.6. The molecule has 12 atom stereocenters. The van der Waals surface area contributed by atoms with E-state index in [-0.39, 0.29) is 113 Å². The van der Waals surface area contributed by atoms with E-state index in [4.69, 9.17) is 9.47 Å². The van der Waals surface area contributed by atoms with Crippen molar-refractivity contribution in [1.82, 2.24) is 5.32 Å². The van der Waals surface area contributed by atoms with E-state index in [2.05, 4.69) is 14.6 Å². The summed E-state index contributed by atoms with van der Waals surface area (Å²) in [5, 5.41) is 59.7. The fourth-order valence-corrected chi connectivity index (χ4v) is 8.17. The van der Waals surface area contributed by atoms with E-state index in [9.17, 15) is 39.9 Å². The Labute approximate surface area is 308 Å². The first kappa shape index (κ1) is 37.6. The first-order chi connectivity index (χ1) is 17.4. The number of carbonyl (C=O) groups is 3. The molecule has 4 aliphatic rings. The normalized spacial score (nSPS) is 43.1. The Balaban J connectivity index is 0.00000280. The van der Waals surface area contributed by atoms with Gasteiger partial charge in [0.15, 0.2) is 11.9 Å². The molecular formula is C26H40Ac2NO10P. The summed E-state index contributed by atoms with van der Waals surface area (Å²) < 4.78 is 11.2. The van der Waals surface area contributed by atoms with Crippen molar-refractivity contribution in [3.05, 3.63) is 11.1 Å². The summed E-state index contributed by atoms with van der Waals surface area (Å²) in [7, 11) is 2.15. The van der Waals surface area contributed by atoms with E-state index >= 15 is 0 Å². The van der Waals surface area contributed by atoms with E-state index in [0.29, 0.717) is 5.57 Å². The molecule has 40 heavy (non-hydrogen) atoms. The maximum Gasteiger partial charge on any atom is 0.338 e. The second-order valence-corrected chi connectivity index (χ2v) is 13.0. The zero-order chi connectivity index (χ0) is 28.7. The molecule has 14 heteroatoms. The topological polar surface area (TPSA) is 183 Å². The number of amides is 1. The van der Waals surface area contributed by atoms with E-state index in [1.807, 2.05) is 0 Å². The number of nitrogens with one attached hydrogen (secondary N) is 1. The average molecular weight is 1010 g/mol. The van der Waals surface area contributed by atoms with Gasteiger partial charge in [-0.3, -0.25) is 9.59 Å². The fourth-order valence-electron chi connectivity index (χ4n) is 7.78. The van der Waals surface area contributed by atoms with Gasteiger partial charge < -0.3 is 40.3 Å². The molecule has 4 rings (SSSR count). The van der Waals surface area contributed by atoms with Gasteiger partial charge >= 0.3 is 5.97 Å². The number of fused-ring (bicyclic) bond motifs is 5. The van der Waals surface area contributed by atoms with Crippen molar-refractivity contribution in [2.75, 3.05) is 6.61 Å². The number of ether oxygens (including phenoxy) is 2. The number of esters is 1. The van der Waals surface area contributed by atoms with Crippen LogP contribution >= 0.6 is 9.24 Å². The minimum atomic E-state index is -1.76. The number of hydrogen-bond acceptors (Lipinski definition) is 10. The first-order valence-electron chi connectivity index (χ1n) is 12.9. The predicted octanol–water partition coefficient (Wildman–Crippen LogP) is -0.829. The molecule has 0 aromatic heterocycles. The maximum absolute atomic E-state index is 14.0. The molecule has 3 unspecified atom stereocenters. The van der Waals surface area contributed by atoms with Crippen molar-refractivity contribution in [3.8, 4) is 0 Å². The van der Waals surface area contributed by atoms with Crippen LogP contribution in [-0.4, -0.2) is 97.3 Å². The van der Waals surface area contributed by atoms with E-state index in [0.717, 1.165) is 0 Å². The largest absolute Gasteiger partial charge is 0.456 e. The van der Waals surface area contributed by atoms with Crippen molar-refractivity contribution in [2.45, 2.75) is 102 Å². The molecule has 2 radical (unpaired) electrons. The van der Waals surface area contributed by atoms with Crippen molar-refractivity contribution < 1.29 is 138 Å². The zero-order valence-electron chi connectivity index (χ0n) is 23.7. The number of carbonyl (C=O) groups excluding carboxylic acids is 3. The number of hydrogen-bond donors (Lipinski definition) is 6. The number of rotatable bonds is 4. The molecule has 3 aliphatic carbocycles. The van der Waals surface area contributed by atoms with Crippen molar-refractivity contribution in [1.29, 1.82) is 0 Å². The Morgan fingerprint density at radius 1 is 1.18 bits per heavy atom. The van der Waals surface area contributed by atoms with Gasteiger partial charge in [0.2, 0.25) is 5.91 Å². The number of Topliss-reactive ketones (excluding diaryl/α,β-unsaturated/α-hetero) is 1. The SMILES string of the molecule is CC(=O)N[C@@H](P)[C@@H](O)C(=O)O[C@H]1C[C@@]2(O)C(C)[C@@H]3[C@]4(O)CO[C@@H]4CC(O)[C@@]3(C)C(=O)[C@H](O)C(=C1C)C2(C)C.[Ac].[Ac]. The van der Waals surface area contributed by atoms with Crippen LogP contribution in [0.15, 0.2) is 11.1 Å². The van der Waals surface area contributed by atoms with Crippen LogP contribution in [0.2, 0.25) is 0 Å².